The summed E-state index contributed by atoms with van der Waals surface area (Å²) < 4.78 is 1.68. The molecule has 0 bridgehead atoms. The van der Waals surface area contributed by atoms with E-state index in [2.05, 4.69) is 10.3 Å². The topological polar surface area (TPSA) is 88.3 Å². The molecule has 1 aromatic heterocycles. The summed E-state index contributed by atoms with van der Waals surface area (Å²) in [5.41, 5.74) is 3.02. The number of hydrogen-bond acceptors (Lipinski definition) is 4. The normalized spacial score (nSPS) is 17.3. The number of rotatable bonds is 5. The molecule has 0 radical (unpaired) electrons. The predicted octanol–water partition coefficient (Wildman–Crippen LogP) is 2.74. The van der Waals surface area contributed by atoms with Gasteiger partial charge in [-0.05, 0) is 57.2 Å². The summed E-state index contributed by atoms with van der Waals surface area (Å²) in [7, 11) is 0. The number of benzene rings is 1. The molecule has 3 rings (SSSR count). The van der Waals surface area contributed by atoms with E-state index >= 15 is 0 Å². The largest absolute Gasteiger partial charge is 0.481 e. The van der Waals surface area contributed by atoms with E-state index in [4.69, 9.17) is 5.11 Å². The second-order valence-corrected chi connectivity index (χ2v) is 6.85. The molecule has 0 saturated carbocycles. The van der Waals surface area contributed by atoms with E-state index in [0.717, 1.165) is 30.5 Å². The molecule has 1 fully saturated rings. The summed E-state index contributed by atoms with van der Waals surface area (Å²) in [4.78, 5) is 25.7. The number of piperidine rings is 1. The second-order valence-electron chi connectivity index (χ2n) is 6.85. The van der Waals surface area contributed by atoms with Crippen molar-refractivity contribution in [2.45, 2.75) is 52.0 Å². The standard InChI is InChI=1S/C19H24N4O3/c1-13-6-5-8-16(12-13)23-14(2)18(20-21-23)19(26)22-11-4-3-7-15(22)9-10-17(24)25/h5-6,8,12,15H,3-4,7,9-11H2,1-2H3,(H,24,25). The number of aryl methyl sites for hydroxylation is 1. The average Bonchev–Trinajstić information content (AvgIpc) is 3.01. The SMILES string of the molecule is Cc1cccc(-n2nnc(C(=O)N3CCCCC3CCC(=O)O)c2C)c1. The molecular weight excluding hydrogens is 332 g/mol. The van der Waals surface area contributed by atoms with Gasteiger partial charge in [0.15, 0.2) is 5.69 Å². The molecule has 138 valence electrons. The van der Waals surface area contributed by atoms with Crippen LogP contribution in [-0.2, 0) is 4.79 Å². The van der Waals surface area contributed by atoms with Gasteiger partial charge in [0.1, 0.15) is 0 Å². The van der Waals surface area contributed by atoms with E-state index in [1.807, 2.05) is 38.1 Å². The number of hydrogen-bond donors (Lipinski definition) is 1. The third-order valence-electron chi connectivity index (χ3n) is 4.92. The van der Waals surface area contributed by atoms with Gasteiger partial charge < -0.3 is 10.0 Å². The minimum absolute atomic E-state index is 0.0455. The molecule has 1 aromatic carbocycles. The minimum Gasteiger partial charge on any atom is -0.481 e. The minimum atomic E-state index is -0.829. The number of aliphatic carboxylic acids is 1. The number of carboxylic acid groups (broad SMARTS) is 1. The summed E-state index contributed by atoms with van der Waals surface area (Å²) in [6.45, 7) is 4.48. The van der Waals surface area contributed by atoms with Crippen molar-refractivity contribution in [2.75, 3.05) is 6.54 Å². The van der Waals surface area contributed by atoms with Crippen molar-refractivity contribution in [3.63, 3.8) is 0 Å². The van der Waals surface area contributed by atoms with Crippen LogP contribution in [-0.4, -0.2) is 49.5 Å². The zero-order chi connectivity index (χ0) is 18.7. The molecule has 1 aliphatic rings. The molecule has 2 heterocycles. The van der Waals surface area contributed by atoms with Gasteiger partial charge in [-0.25, -0.2) is 4.68 Å². The lowest BCUT2D eigenvalue weighted by Gasteiger charge is -2.35. The molecule has 1 saturated heterocycles. The number of carbonyl (C=O) groups excluding carboxylic acids is 1. The van der Waals surface area contributed by atoms with Gasteiger partial charge in [-0.1, -0.05) is 17.3 Å². The lowest BCUT2D eigenvalue weighted by atomic mass is 9.97. The molecule has 0 spiro atoms. The van der Waals surface area contributed by atoms with Gasteiger partial charge in [-0.2, -0.15) is 0 Å². The molecule has 1 N–H and O–H groups in total. The molecule has 1 unspecified atom stereocenters. The molecule has 0 aliphatic carbocycles. The van der Waals surface area contributed by atoms with Crippen molar-refractivity contribution in [1.29, 1.82) is 0 Å². The van der Waals surface area contributed by atoms with Crippen LogP contribution in [0, 0.1) is 13.8 Å². The first-order chi connectivity index (χ1) is 12.5. The van der Waals surface area contributed by atoms with Gasteiger partial charge in [-0.15, -0.1) is 5.10 Å². The van der Waals surface area contributed by atoms with Crippen LogP contribution in [0.25, 0.3) is 5.69 Å². The van der Waals surface area contributed by atoms with E-state index < -0.39 is 5.97 Å². The lowest BCUT2D eigenvalue weighted by molar-refractivity contribution is -0.137. The highest BCUT2D eigenvalue weighted by atomic mass is 16.4. The van der Waals surface area contributed by atoms with Gasteiger partial charge in [0.25, 0.3) is 5.91 Å². The van der Waals surface area contributed by atoms with E-state index in [9.17, 15) is 9.59 Å². The zero-order valence-electron chi connectivity index (χ0n) is 15.2. The Kier molecular flexibility index (Phi) is 5.35. The Hall–Kier alpha value is -2.70. The highest BCUT2D eigenvalue weighted by Crippen LogP contribution is 2.24. The highest BCUT2D eigenvalue weighted by Gasteiger charge is 2.30. The Balaban J connectivity index is 1.84. The van der Waals surface area contributed by atoms with Crippen LogP contribution >= 0.6 is 0 Å². The van der Waals surface area contributed by atoms with Crippen molar-refractivity contribution >= 4 is 11.9 Å². The van der Waals surface area contributed by atoms with E-state index in [1.165, 1.54) is 0 Å². The van der Waals surface area contributed by atoms with Crippen molar-refractivity contribution in [3.05, 3.63) is 41.2 Å². The summed E-state index contributed by atoms with van der Waals surface area (Å²) >= 11 is 0. The first-order valence-electron chi connectivity index (χ1n) is 8.99. The Morgan fingerprint density at radius 1 is 1.27 bits per heavy atom. The van der Waals surface area contributed by atoms with Crippen molar-refractivity contribution in [1.82, 2.24) is 19.9 Å². The Bertz CT molecular complexity index is 815. The van der Waals surface area contributed by atoms with Crippen LogP contribution in [0.2, 0.25) is 0 Å². The molecule has 7 nitrogen and oxygen atoms in total. The monoisotopic (exact) mass is 356 g/mol. The number of carboxylic acids is 1. The summed E-state index contributed by atoms with van der Waals surface area (Å²) in [6, 6.07) is 7.82. The summed E-state index contributed by atoms with van der Waals surface area (Å²) in [5.74, 6) is -0.985. The maximum atomic E-state index is 13.0. The van der Waals surface area contributed by atoms with Gasteiger partial charge in [-0.3, -0.25) is 9.59 Å². The molecule has 26 heavy (non-hydrogen) atoms. The van der Waals surface area contributed by atoms with Gasteiger partial charge >= 0.3 is 5.97 Å². The van der Waals surface area contributed by atoms with Crippen LogP contribution in [0.15, 0.2) is 24.3 Å². The molecule has 1 aliphatic heterocycles. The highest BCUT2D eigenvalue weighted by molar-refractivity contribution is 5.93. The Morgan fingerprint density at radius 3 is 2.81 bits per heavy atom. The predicted molar refractivity (Wildman–Crippen MR) is 96.4 cm³/mol. The number of likely N-dealkylation sites (tertiary alicyclic amines) is 1. The van der Waals surface area contributed by atoms with Crippen LogP contribution in [0.4, 0.5) is 0 Å². The second kappa shape index (κ2) is 7.68. The number of nitrogens with zero attached hydrogens (tertiary/aromatic N) is 4. The Labute approximate surface area is 152 Å². The molecule has 1 amide bonds. The molecular formula is C19H24N4O3. The van der Waals surface area contributed by atoms with Crippen LogP contribution < -0.4 is 0 Å². The van der Waals surface area contributed by atoms with Crippen molar-refractivity contribution in [3.8, 4) is 5.69 Å². The first kappa shape index (κ1) is 18.1. The van der Waals surface area contributed by atoms with Crippen LogP contribution in [0.3, 0.4) is 0 Å². The van der Waals surface area contributed by atoms with Crippen LogP contribution in [0.5, 0.6) is 0 Å². The van der Waals surface area contributed by atoms with E-state index in [-0.39, 0.29) is 18.4 Å². The molecule has 7 heteroatoms. The molecule has 2 aromatic rings. The fourth-order valence-electron chi connectivity index (χ4n) is 3.53. The average molecular weight is 356 g/mol. The van der Waals surface area contributed by atoms with Gasteiger partial charge in [0.2, 0.25) is 0 Å². The van der Waals surface area contributed by atoms with Gasteiger partial charge in [0.05, 0.1) is 11.4 Å². The van der Waals surface area contributed by atoms with Crippen LogP contribution in [0.1, 0.15) is 53.8 Å². The third-order valence-corrected chi connectivity index (χ3v) is 4.92. The fraction of sp³-hybridized carbons (Fsp3) is 0.474. The lowest BCUT2D eigenvalue weighted by Crippen LogP contribution is -2.44. The number of carbonyl (C=O) groups is 2. The number of aromatic nitrogens is 3. The smallest absolute Gasteiger partial charge is 0.303 e. The quantitative estimate of drug-likeness (QED) is 0.890. The third kappa shape index (κ3) is 3.76. The van der Waals surface area contributed by atoms with Crippen molar-refractivity contribution in [2.24, 2.45) is 0 Å². The first-order valence-corrected chi connectivity index (χ1v) is 8.99. The van der Waals surface area contributed by atoms with E-state index in [0.29, 0.717) is 24.4 Å². The Morgan fingerprint density at radius 2 is 2.08 bits per heavy atom. The maximum Gasteiger partial charge on any atom is 0.303 e. The zero-order valence-corrected chi connectivity index (χ0v) is 15.2. The molecule has 1 atom stereocenters. The number of amides is 1. The maximum absolute atomic E-state index is 13.0. The summed E-state index contributed by atoms with van der Waals surface area (Å²) in [5, 5.41) is 17.3. The summed E-state index contributed by atoms with van der Waals surface area (Å²) in [6.07, 6.45) is 3.34. The van der Waals surface area contributed by atoms with Crippen molar-refractivity contribution < 1.29 is 14.7 Å². The van der Waals surface area contributed by atoms with E-state index in [1.54, 1.807) is 9.58 Å². The van der Waals surface area contributed by atoms with Gasteiger partial charge in [0, 0.05) is 19.0 Å². The fourth-order valence-corrected chi connectivity index (χ4v) is 3.53.